The molecule has 0 aliphatic heterocycles. The number of rotatable bonds is 4. The van der Waals surface area contributed by atoms with Crippen molar-refractivity contribution in [1.82, 2.24) is 5.32 Å². The van der Waals surface area contributed by atoms with Gasteiger partial charge in [0, 0.05) is 23.8 Å². The van der Waals surface area contributed by atoms with Gasteiger partial charge in [0.2, 0.25) is 5.91 Å². The Kier molecular flexibility index (Phi) is 5.30. The van der Waals surface area contributed by atoms with Gasteiger partial charge >= 0.3 is 0 Å². The number of halogens is 1. The molecule has 0 fully saturated rings. The van der Waals surface area contributed by atoms with Gasteiger partial charge in [0.05, 0.1) is 0 Å². The molecule has 0 spiro atoms. The molecule has 0 bridgehead atoms. The molecule has 4 heteroatoms. The summed E-state index contributed by atoms with van der Waals surface area (Å²) < 4.78 is 13.5. The molecule has 0 unspecified atom stereocenters. The van der Waals surface area contributed by atoms with Gasteiger partial charge in [-0.25, -0.2) is 4.39 Å². The molecule has 0 saturated carbocycles. The SMILES string of the molecule is CC(C)(C)C(=O)C[C@H](F)CNC(=O)C(C)(C)C. The number of alkyl halides is 1. The normalized spacial score (nSPS) is 14.3. The van der Waals surface area contributed by atoms with Crippen LogP contribution in [0.1, 0.15) is 48.0 Å². The second kappa shape index (κ2) is 5.61. The first kappa shape index (κ1) is 16.1. The number of carbonyl (C=O) groups excluding carboxylic acids is 2. The van der Waals surface area contributed by atoms with Crippen molar-refractivity contribution in [3.05, 3.63) is 0 Å². The summed E-state index contributed by atoms with van der Waals surface area (Å²) in [6, 6.07) is 0. The van der Waals surface area contributed by atoms with E-state index in [1.807, 2.05) is 0 Å². The zero-order valence-corrected chi connectivity index (χ0v) is 11.7. The molecular weight excluding hydrogens is 221 g/mol. The van der Waals surface area contributed by atoms with E-state index < -0.39 is 17.0 Å². The summed E-state index contributed by atoms with van der Waals surface area (Å²) in [7, 11) is 0. The summed E-state index contributed by atoms with van der Waals surface area (Å²) in [6.45, 7) is 10.5. The first-order valence-electron chi connectivity index (χ1n) is 5.90. The maximum atomic E-state index is 13.5. The Morgan fingerprint density at radius 2 is 1.53 bits per heavy atom. The van der Waals surface area contributed by atoms with Gasteiger partial charge in [-0.3, -0.25) is 9.59 Å². The van der Waals surface area contributed by atoms with Crippen LogP contribution >= 0.6 is 0 Å². The van der Waals surface area contributed by atoms with Crippen molar-refractivity contribution in [3.8, 4) is 0 Å². The number of Topliss-reactive ketones (excluding diaryl/α,β-unsaturated/α-hetero) is 1. The van der Waals surface area contributed by atoms with E-state index in [1.54, 1.807) is 41.5 Å². The second-order valence-electron chi connectivity index (χ2n) is 6.43. The van der Waals surface area contributed by atoms with E-state index in [1.165, 1.54) is 0 Å². The number of nitrogens with one attached hydrogen (secondary N) is 1. The van der Waals surface area contributed by atoms with E-state index in [0.717, 1.165) is 0 Å². The van der Waals surface area contributed by atoms with Crippen molar-refractivity contribution in [2.75, 3.05) is 6.54 Å². The highest BCUT2D eigenvalue weighted by Crippen LogP contribution is 2.19. The van der Waals surface area contributed by atoms with Crippen LogP contribution in [0.4, 0.5) is 4.39 Å². The molecule has 17 heavy (non-hydrogen) atoms. The minimum Gasteiger partial charge on any atom is -0.353 e. The highest BCUT2D eigenvalue weighted by atomic mass is 19.1. The molecule has 0 heterocycles. The zero-order valence-electron chi connectivity index (χ0n) is 11.7. The summed E-state index contributed by atoms with van der Waals surface area (Å²) in [6.07, 6.45) is -1.46. The van der Waals surface area contributed by atoms with Crippen LogP contribution in [-0.4, -0.2) is 24.4 Å². The Balaban J connectivity index is 4.10. The Bertz CT molecular complexity index is 287. The first-order valence-corrected chi connectivity index (χ1v) is 5.90. The van der Waals surface area contributed by atoms with Crippen LogP contribution in [0.15, 0.2) is 0 Å². The predicted molar refractivity (Wildman–Crippen MR) is 66.4 cm³/mol. The van der Waals surface area contributed by atoms with Crippen LogP contribution in [0.3, 0.4) is 0 Å². The topological polar surface area (TPSA) is 46.2 Å². The fourth-order valence-electron chi connectivity index (χ4n) is 1.05. The fraction of sp³-hybridized carbons (Fsp3) is 0.846. The van der Waals surface area contributed by atoms with Crippen LogP contribution < -0.4 is 5.32 Å². The number of ketones is 1. The number of hydrogen-bond donors (Lipinski definition) is 1. The largest absolute Gasteiger partial charge is 0.353 e. The van der Waals surface area contributed by atoms with Gasteiger partial charge in [-0.1, -0.05) is 41.5 Å². The molecule has 3 nitrogen and oxygen atoms in total. The van der Waals surface area contributed by atoms with Crippen molar-refractivity contribution in [2.24, 2.45) is 10.8 Å². The maximum Gasteiger partial charge on any atom is 0.225 e. The Hall–Kier alpha value is -0.930. The molecule has 0 aromatic rings. The molecule has 0 radical (unpaired) electrons. The van der Waals surface area contributed by atoms with Crippen LogP contribution in [-0.2, 0) is 9.59 Å². The average Bonchev–Trinajstić information content (AvgIpc) is 2.10. The highest BCUT2D eigenvalue weighted by molar-refractivity contribution is 5.84. The summed E-state index contributed by atoms with van der Waals surface area (Å²) in [5.74, 6) is -0.335. The molecule has 0 saturated heterocycles. The Labute approximate surface area is 103 Å². The number of amides is 1. The van der Waals surface area contributed by atoms with Gasteiger partial charge in [-0.2, -0.15) is 0 Å². The molecule has 1 amide bonds. The predicted octanol–water partition coefficient (Wildman–Crippen LogP) is 2.49. The molecular formula is C13H24FNO2. The monoisotopic (exact) mass is 245 g/mol. The van der Waals surface area contributed by atoms with E-state index in [0.29, 0.717) is 0 Å². The minimum absolute atomic E-state index is 0.0993. The molecule has 0 aromatic carbocycles. The lowest BCUT2D eigenvalue weighted by atomic mass is 9.88. The van der Waals surface area contributed by atoms with Gasteiger partial charge in [0.15, 0.2) is 0 Å². The van der Waals surface area contributed by atoms with Gasteiger partial charge in [-0.05, 0) is 0 Å². The first-order chi connectivity index (χ1) is 7.44. The molecule has 0 aliphatic carbocycles. The van der Waals surface area contributed by atoms with Gasteiger partial charge in [-0.15, -0.1) is 0 Å². The quantitative estimate of drug-likeness (QED) is 0.827. The van der Waals surface area contributed by atoms with Crippen LogP contribution in [0.25, 0.3) is 0 Å². The lowest BCUT2D eigenvalue weighted by molar-refractivity contribution is -0.130. The van der Waals surface area contributed by atoms with Crippen molar-refractivity contribution in [2.45, 2.75) is 54.1 Å². The summed E-state index contributed by atoms with van der Waals surface area (Å²) in [5.41, 5.74) is -1.06. The molecule has 0 aliphatic rings. The highest BCUT2D eigenvalue weighted by Gasteiger charge is 2.26. The average molecular weight is 245 g/mol. The van der Waals surface area contributed by atoms with Crippen LogP contribution in [0.5, 0.6) is 0 Å². The lowest BCUT2D eigenvalue weighted by Crippen LogP contribution is -2.39. The third kappa shape index (κ3) is 6.39. The number of carbonyl (C=O) groups is 2. The van der Waals surface area contributed by atoms with E-state index in [2.05, 4.69) is 5.32 Å². The smallest absolute Gasteiger partial charge is 0.225 e. The van der Waals surface area contributed by atoms with Crippen molar-refractivity contribution < 1.29 is 14.0 Å². The van der Waals surface area contributed by atoms with Crippen molar-refractivity contribution in [3.63, 3.8) is 0 Å². The van der Waals surface area contributed by atoms with Gasteiger partial charge < -0.3 is 5.32 Å². The summed E-state index contributed by atoms with van der Waals surface area (Å²) in [5, 5.41) is 2.51. The number of hydrogen-bond acceptors (Lipinski definition) is 2. The van der Waals surface area contributed by atoms with Crippen LogP contribution in [0.2, 0.25) is 0 Å². The molecule has 1 N–H and O–H groups in total. The molecule has 1 atom stereocenters. The Morgan fingerprint density at radius 1 is 1.06 bits per heavy atom. The zero-order chi connectivity index (χ0) is 13.9. The van der Waals surface area contributed by atoms with E-state index in [9.17, 15) is 14.0 Å². The molecule has 0 rings (SSSR count). The summed E-state index contributed by atoms with van der Waals surface area (Å²) >= 11 is 0. The maximum absolute atomic E-state index is 13.5. The van der Waals surface area contributed by atoms with Gasteiger partial charge in [0.1, 0.15) is 12.0 Å². The Morgan fingerprint density at radius 3 is 1.88 bits per heavy atom. The molecule has 100 valence electrons. The van der Waals surface area contributed by atoms with E-state index in [-0.39, 0.29) is 24.7 Å². The minimum atomic E-state index is -1.31. The third-order valence-corrected chi connectivity index (χ3v) is 2.41. The molecule has 0 aromatic heterocycles. The third-order valence-electron chi connectivity index (χ3n) is 2.41. The summed E-state index contributed by atoms with van der Waals surface area (Å²) in [4.78, 5) is 23.1. The van der Waals surface area contributed by atoms with Crippen molar-refractivity contribution >= 4 is 11.7 Å². The fourth-order valence-corrected chi connectivity index (χ4v) is 1.05. The van der Waals surface area contributed by atoms with Crippen LogP contribution in [0, 0.1) is 10.8 Å². The van der Waals surface area contributed by atoms with E-state index in [4.69, 9.17) is 0 Å². The van der Waals surface area contributed by atoms with E-state index >= 15 is 0 Å². The lowest BCUT2D eigenvalue weighted by Gasteiger charge is -2.20. The standard InChI is InChI=1S/C13H24FNO2/c1-12(2,3)10(16)7-9(14)8-15-11(17)13(4,5)6/h9H,7-8H2,1-6H3,(H,15,17)/t9-/m0/s1. The van der Waals surface area contributed by atoms with Crippen molar-refractivity contribution in [1.29, 1.82) is 0 Å². The second-order valence-corrected chi connectivity index (χ2v) is 6.43. The van der Waals surface area contributed by atoms with Gasteiger partial charge in [0.25, 0.3) is 0 Å².